The number of carbonyl (C=O) groups excluding carboxylic acids is 1. The number of nitrogens with zero attached hydrogens (tertiary/aromatic N) is 2. The minimum absolute atomic E-state index is 0.115. The second kappa shape index (κ2) is 6.30. The van der Waals surface area contributed by atoms with Gasteiger partial charge in [0.1, 0.15) is 18.0 Å². The molecule has 0 unspecified atom stereocenters. The summed E-state index contributed by atoms with van der Waals surface area (Å²) in [5, 5.41) is 12.1. The zero-order valence-corrected chi connectivity index (χ0v) is 10.1. The van der Waals surface area contributed by atoms with E-state index in [9.17, 15) is 4.79 Å². The molecule has 1 aromatic carbocycles. The number of oxime groups is 1. The Morgan fingerprint density at radius 3 is 2.53 bits per heavy atom. The van der Waals surface area contributed by atoms with Crippen molar-refractivity contribution in [1.29, 1.82) is 0 Å². The summed E-state index contributed by atoms with van der Waals surface area (Å²) in [5.41, 5.74) is 1.19. The molecule has 0 atom stereocenters. The molecule has 0 radical (unpaired) electrons. The summed E-state index contributed by atoms with van der Waals surface area (Å²) in [6.07, 6.45) is 1.51. The second-order valence-electron chi connectivity index (χ2n) is 3.70. The van der Waals surface area contributed by atoms with Gasteiger partial charge in [0.15, 0.2) is 0 Å². The molecule has 0 amide bonds. The summed E-state index contributed by atoms with van der Waals surface area (Å²) < 4.78 is 5.04. The summed E-state index contributed by atoms with van der Waals surface area (Å²) in [7, 11) is 0. The molecule has 0 aliphatic rings. The molecule has 0 saturated heterocycles. The molecule has 0 saturated carbocycles. The number of benzene rings is 1. The van der Waals surface area contributed by atoms with Crippen molar-refractivity contribution in [2.24, 2.45) is 5.16 Å². The number of hydrogen-bond donors (Lipinski definition) is 1. The smallest absolute Gasteiger partial charge is 0.357 e. The highest BCUT2D eigenvalue weighted by molar-refractivity contribution is 6.02. The van der Waals surface area contributed by atoms with Crippen LogP contribution in [0, 0.1) is 0 Å². The third-order valence-electron chi connectivity index (χ3n) is 2.44. The van der Waals surface area contributed by atoms with Gasteiger partial charge in [-0.1, -0.05) is 41.6 Å². The average Bonchev–Trinajstić information content (AvgIpc) is 2.49. The Balaban J connectivity index is 2.00. The summed E-state index contributed by atoms with van der Waals surface area (Å²) in [4.78, 5) is 15.6. The van der Waals surface area contributed by atoms with Gasteiger partial charge in [0.2, 0.25) is 0 Å². The van der Waals surface area contributed by atoms with Crippen LogP contribution in [0.1, 0.15) is 16.1 Å². The first-order valence-electron chi connectivity index (χ1n) is 5.66. The van der Waals surface area contributed by atoms with E-state index in [-0.39, 0.29) is 18.0 Å². The first-order valence-corrected chi connectivity index (χ1v) is 5.66. The minimum atomic E-state index is -0.558. The Bertz CT molecular complexity index is 568. The van der Waals surface area contributed by atoms with Crippen molar-refractivity contribution in [2.45, 2.75) is 0 Å². The highest BCUT2D eigenvalue weighted by Gasteiger charge is 2.11. The Kier molecular flexibility index (Phi) is 4.23. The van der Waals surface area contributed by atoms with E-state index >= 15 is 0 Å². The topological polar surface area (TPSA) is 71.8 Å². The van der Waals surface area contributed by atoms with E-state index in [1.54, 1.807) is 42.5 Å². The fraction of sp³-hybridized carbons (Fsp3) is 0.0714. The maximum absolute atomic E-state index is 11.7. The fourth-order valence-electron chi connectivity index (χ4n) is 1.49. The molecule has 2 aromatic rings. The van der Waals surface area contributed by atoms with Crippen LogP contribution in [-0.2, 0) is 4.74 Å². The molecule has 0 aliphatic heterocycles. The number of rotatable bonds is 4. The summed E-state index contributed by atoms with van der Waals surface area (Å²) in [6, 6.07) is 14.0. The molecule has 5 nitrogen and oxygen atoms in total. The lowest BCUT2D eigenvalue weighted by atomic mass is 10.1. The average molecular weight is 256 g/mol. The standard InChI is InChI=1S/C14H12N2O3/c17-14(12-8-4-5-9-15-12)19-10-13(16-18)11-6-2-1-3-7-11/h1-9,18H,10H2/b16-13+. The zero-order chi connectivity index (χ0) is 13.5. The molecular weight excluding hydrogens is 244 g/mol. The number of ether oxygens (including phenoxy) is 1. The highest BCUT2D eigenvalue weighted by atomic mass is 16.5. The van der Waals surface area contributed by atoms with Crippen LogP contribution in [0.5, 0.6) is 0 Å². The van der Waals surface area contributed by atoms with Gasteiger partial charge in [0, 0.05) is 11.8 Å². The van der Waals surface area contributed by atoms with Gasteiger partial charge in [-0.15, -0.1) is 0 Å². The van der Waals surface area contributed by atoms with Gasteiger partial charge in [0.25, 0.3) is 0 Å². The van der Waals surface area contributed by atoms with E-state index in [4.69, 9.17) is 9.94 Å². The van der Waals surface area contributed by atoms with Crippen LogP contribution in [0.4, 0.5) is 0 Å². The maximum atomic E-state index is 11.7. The Morgan fingerprint density at radius 1 is 1.16 bits per heavy atom. The lowest BCUT2D eigenvalue weighted by molar-refractivity contribution is 0.0555. The Morgan fingerprint density at radius 2 is 1.89 bits per heavy atom. The molecule has 0 bridgehead atoms. The Labute approximate surface area is 110 Å². The quantitative estimate of drug-likeness (QED) is 0.393. The lowest BCUT2D eigenvalue weighted by Gasteiger charge is -2.06. The molecule has 1 N–H and O–H groups in total. The van der Waals surface area contributed by atoms with Crippen LogP contribution >= 0.6 is 0 Å². The number of carbonyl (C=O) groups is 1. The van der Waals surface area contributed by atoms with Crippen molar-refractivity contribution in [2.75, 3.05) is 6.61 Å². The molecule has 2 rings (SSSR count). The van der Waals surface area contributed by atoms with Crippen LogP contribution in [0.15, 0.2) is 59.9 Å². The molecular formula is C14H12N2O3. The second-order valence-corrected chi connectivity index (χ2v) is 3.70. The molecule has 5 heteroatoms. The number of aromatic nitrogens is 1. The van der Waals surface area contributed by atoms with Gasteiger partial charge < -0.3 is 9.94 Å². The van der Waals surface area contributed by atoms with Crippen molar-refractivity contribution in [3.63, 3.8) is 0 Å². The van der Waals surface area contributed by atoms with Gasteiger partial charge >= 0.3 is 5.97 Å². The van der Waals surface area contributed by atoms with Gasteiger partial charge in [-0.05, 0) is 12.1 Å². The van der Waals surface area contributed by atoms with Gasteiger partial charge in [0.05, 0.1) is 0 Å². The number of hydrogen-bond acceptors (Lipinski definition) is 5. The number of pyridine rings is 1. The van der Waals surface area contributed by atoms with E-state index in [0.717, 1.165) is 0 Å². The maximum Gasteiger partial charge on any atom is 0.357 e. The van der Waals surface area contributed by atoms with Crippen molar-refractivity contribution in [1.82, 2.24) is 4.98 Å². The Hall–Kier alpha value is -2.69. The van der Waals surface area contributed by atoms with E-state index in [1.807, 2.05) is 6.07 Å². The predicted octanol–water partition coefficient (Wildman–Crippen LogP) is 2.12. The van der Waals surface area contributed by atoms with E-state index in [1.165, 1.54) is 6.20 Å². The van der Waals surface area contributed by atoms with Crippen LogP contribution in [0.3, 0.4) is 0 Å². The zero-order valence-electron chi connectivity index (χ0n) is 10.1. The monoisotopic (exact) mass is 256 g/mol. The van der Waals surface area contributed by atoms with Crippen molar-refractivity contribution >= 4 is 11.7 Å². The fourth-order valence-corrected chi connectivity index (χ4v) is 1.49. The van der Waals surface area contributed by atoms with Gasteiger partial charge in [-0.3, -0.25) is 0 Å². The molecule has 19 heavy (non-hydrogen) atoms. The molecule has 96 valence electrons. The first kappa shape index (κ1) is 12.8. The lowest BCUT2D eigenvalue weighted by Crippen LogP contribution is -2.16. The van der Waals surface area contributed by atoms with Crippen molar-refractivity contribution in [3.8, 4) is 0 Å². The molecule has 0 spiro atoms. The van der Waals surface area contributed by atoms with Crippen LogP contribution in [0.25, 0.3) is 0 Å². The van der Waals surface area contributed by atoms with Crippen LogP contribution in [0.2, 0.25) is 0 Å². The molecule has 1 heterocycles. The highest BCUT2D eigenvalue weighted by Crippen LogP contribution is 2.03. The van der Waals surface area contributed by atoms with Crippen molar-refractivity contribution in [3.05, 3.63) is 66.0 Å². The summed E-state index contributed by atoms with van der Waals surface area (Å²) in [5.74, 6) is -0.558. The van der Waals surface area contributed by atoms with E-state index in [0.29, 0.717) is 5.56 Å². The van der Waals surface area contributed by atoms with Crippen LogP contribution < -0.4 is 0 Å². The van der Waals surface area contributed by atoms with Gasteiger partial charge in [-0.25, -0.2) is 9.78 Å². The summed E-state index contributed by atoms with van der Waals surface area (Å²) >= 11 is 0. The van der Waals surface area contributed by atoms with Gasteiger partial charge in [-0.2, -0.15) is 0 Å². The predicted molar refractivity (Wildman–Crippen MR) is 69.3 cm³/mol. The largest absolute Gasteiger partial charge is 0.454 e. The SMILES string of the molecule is O=C(OC/C(=N\O)c1ccccc1)c1ccccn1. The first-order chi connectivity index (χ1) is 9.31. The number of esters is 1. The summed E-state index contributed by atoms with van der Waals surface area (Å²) in [6.45, 7) is -0.115. The molecule has 1 aromatic heterocycles. The van der Waals surface area contributed by atoms with E-state index in [2.05, 4.69) is 10.1 Å². The van der Waals surface area contributed by atoms with E-state index < -0.39 is 5.97 Å². The molecule has 0 fully saturated rings. The third-order valence-corrected chi connectivity index (χ3v) is 2.44. The third kappa shape index (κ3) is 3.38. The molecule has 0 aliphatic carbocycles. The van der Waals surface area contributed by atoms with Crippen LogP contribution in [-0.4, -0.2) is 28.5 Å². The normalized spacial score (nSPS) is 11.1. The minimum Gasteiger partial charge on any atom is -0.454 e. The van der Waals surface area contributed by atoms with Crippen molar-refractivity contribution < 1.29 is 14.7 Å².